The highest BCUT2D eigenvalue weighted by atomic mass is 16.6. The number of ether oxygens (including phenoxy) is 2. The quantitative estimate of drug-likeness (QED) is 0.660. The monoisotopic (exact) mass is 407 g/mol. The van der Waals surface area contributed by atoms with Gasteiger partial charge in [-0.2, -0.15) is 0 Å². The second-order valence-electron chi connectivity index (χ2n) is 7.42. The third kappa shape index (κ3) is 7.81. The van der Waals surface area contributed by atoms with E-state index in [2.05, 4.69) is 15.4 Å². The van der Waals surface area contributed by atoms with Crippen molar-refractivity contribution < 1.29 is 28.7 Å². The smallest absolute Gasteiger partial charge is 0.408 e. The number of alkyl carbamates (subject to hydrolysis) is 1. The highest BCUT2D eigenvalue weighted by molar-refractivity contribution is 5.92. The van der Waals surface area contributed by atoms with Crippen LogP contribution < -0.4 is 10.6 Å². The molecule has 2 unspecified atom stereocenters. The maximum atomic E-state index is 12.8. The lowest BCUT2D eigenvalue weighted by molar-refractivity contribution is -0.143. The lowest BCUT2D eigenvalue weighted by Crippen LogP contribution is -2.50. The third-order valence-electron chi connectivity index (χ3n) is 3.84. The van der Waals surface area contributed by atoms with Crippen LogP contribution in [0.1, 0.15) is 39.3 Å². The normalized spacial score (nSPS) is 12.9. The van der Waals surface area contributed by atoms with Gasteiger partial charge in [-0.3, -0.25) is 14.4 Å². The van der Waals surface area contributed by atoms with E-state index in [0.29, 0.717) is 5.56 Å². The van der Waals surface area contributed by atoms with Crippen molar-refractivity contribution in [2.45, 2.75) is 45.4 Å². The molecule has 29 heavy (non-hydrogen) atoms. The summed E-state index contributed by atoms with van der Waals surface area (Å²) in [7, 11) is 2.66. The number of carbonyl (C=O) groups is 4. The fraction of sp³-hybridized carbons (Fsp3) is 0.500. The number of carbonyl (C=O) groups excluding carboxylic acids is 4. The predicted molar refractivity (Wildman–Crippen MR) is 106 cm³/mol. The first-order valence-electron chi connectivity index (χ1n) is 9.12. The Hall–Kier alpha value is -3.10. The summed E-state index contributed by atoms with van der Waals surface area (Å²) < 4.78 is 9.68. The van der Waals surface area contributed by atoms with Gasteiger partial charge in [0.1, 0.15) is 24.2 Å². The van der Waals surface area contributed by atoms with E-state index in [-0.39, 0.29) is 6.54 Å². The molecule has 0 fully saturated rings. The molecule has 160 valence electrons. The highest BCUT2D eigenvalue weighted by Crippen LogP contribution is 2.20. The molecule has 0 radical (unpaired) electrons. The molecule has 1 aromatic rings. The molecule has 0 saturated carbocycles. The molecule has 2 atom stereocenters. The molecule has 0 aliphatic carbocycles. The minimum Gasteiger partial charge on any atom is -0.468 e. The van der Waals surface area contributed by atoms with Crippen LogP contribution in [0.5, 0.6) is 0 Å². The van der Waals surface area contributed by atoms with Gasteiger partial charge in [-0.25, -0.2) is 4.79 Å². The fourth-order valence-corrected chi connectivity index (χ4v) is 2.49. The predicted octanol–water partition coefficient (Wildman–Crippen LogP) is 1.39. The topological polar surface area (TPSA) is 114 Å². The van der Waals surface area contributed by atoms with Crippen LogP contribution >= 0.6 is 0 Å². The summed E-state index contributed by atoms with van der Waals surface area (Å²) in [5.41, 5.74) is -0.158. The second-order valence-corrected chi connectivity index (χ2v) is 7.42. The van der Waals surface area contributed by atoms with E-state index >= 15 is 0 Å². The van der Waals surface area contributed by atoms with Crippen LogP contribution in [0.2, 0.25) is 0 Å². The van der Waals surface area contributed by atoms with Crippen molar-refractivity contribution in [1.82, 2.24) is 15.5 Å². The number of hydrogen-bond donors (Lipinski definition) is 2. The molecule has 1 aromatic carbocycles. The van der Waals surface area contributed by atoms with Crippen LogP contribution in [0.4, 0.5) is 4.79 Å². The Balaban J connectivity index is 2.96. The van der Waals surface area contributed by atoms with Crippen molar-refractivity contribution in [1.29, 1.82) is 0 Å². The summed E-state index contributed by atoms with van der Waals surface area (Å²) in [5, 5.41) is 4.92. The largest absolute Gasteiger partial charge is 0.468 e. The summed E-state index contributed by atoms with van der Waals surface area (Å²) in [5.74, 6) is -1.67. The van der Waals surface area contributed by atoms with Gasteiger partial charge in [0.25, 0.3) is 0 Å². The summed E-state index contributed by atoms with van der Waals surface area (Å²) in [4.78, 5) is 50.1. The van der Waals surface area contributed by atoms with E-state index in [9.17, 15) is 19.2 Å². The third-order valence-corrected chi connectivity index (χ3v) is 3.84. The molecule has 3 amide bonds. The highest BCUT2D eigenvalue weighted by Gasteiger charge is 2.32. The summed E-state index contributed by atoms with van der Waals surface area (Å²) >= 11 is 0. The Morgan fingerprint density at radius 3 is 2.21 bits per heavy atom. The number of likely N-dealkylation sites (N-methyl/N-ethyl adjacent to an activating group) is 1. The number of nitrogens with one attached hydrogen (secondary N) is 2. The number of esters is 1. The molecule has 0 aliphatic heterocycles. The molecule has 1 rings (SSSR count). The van der Waals surface area contributed by atoms with Gasteiger partial charge in [0, 0.05) is 7.05 Å². The average Bonchev–Trinajstić information content (AvgIpc) is 2.64. The van der Waals surface area contributed by atoms with Crippen LogP contribution in [0.3, 0.4) is 0 Å². The van der Waals surface area contributed by atoms with Crippen molar-refractivity contribution in [2.24, 2.45) is 0 Å². The number of hydrogen-bond acceptors (Lipinski definition) is 6. The number of methoxy groups -OCH3 is 1. The summed E-state index contributed by atoms with van der Waals surface area (Å²) in [6, 6.07) is 6.69. The van der Waals surface area contributed by atoms with E-state index in [4.69, 9.17) is 4.74 Å². The lowest BCUT2D eigenvalue weighted by atomic mass is 10.0. The van der Waals surface area contributed by atoms with Gasteiger partial charge in [-0.1, -0.05) is 30.3 Å². The van der Waals surface area contributed by atoms with Gasteiger partial charge in [0.05, 0.1) is 7.11 Å². The Morgan fingerprint density at radius 2 is 1.69 bits per heavy atom. The Labute approximate surface area is 170 Å². The summed E-state index contributed by atoms with van der Waals surface area (Å²) in [6.07, 6.45) is -0.738. The van der Waals surface area contributed by atoms with E-state index in [1.165, 1.54) is 26.0 Å². The van der Waals surface area contributed by atoms with Crippen LogP contribution in [-0.4, -0.2) is 61.1 Å². The molecule has 0 heterocycles. The molecule has 2 N–H and O–H groups in total. The molecule has 0 saturated heterocycles. The summed E-state index contributed by atoms with van der Waals surface area (Å²) in [6.45, 7) is 6.30. The van der Waals surface area contributed by atoms with Crippen LogP contribution in [0.25, 0.3) is 0 Å². The lowest BCUT2D eigenvalue weighted by Gasteiger charge is -2.30. The fourth-order valence-electron chi connectivity index (χ4n) is 2.49. The Bertz CT molecular complexity index is 729. The van der Waals surface area contributed by atoms with E-state index in [1.807, 2.05) is 0 Å². The number of nitrogens with zero attached hydrogens (tertiary/aromatic N) is 1. The molecule has 0 aliphatic rings. The molecule has 9 nitrogen and oxygen atoms in total. The van der Waals surface area contributed by atoms with Crippen molar-refractivity contribution in [3.8, 4) is 0 Å². The first-order chi connectivity index (χ1) is 13.5. The van der Waals surface area contributed by atoms with Gasteiger partial charge in [0.2, 0.25) is 11.8 Å². The molecule has 9 heteroatoms. The SMILES string of the molecule is COC(=O)CNC(=O)C(c1ccccc1)N(C)C(=O)C(C)NC(=O)OC(C)(C)C. The maximum Gasteiger partial charge on any atom is 0.408 e. The molecule has 0 spiro atoms. The van der Waals surface area contributed by atoms with Crippen molar-refractivity contribution in [3.05, 3.63) is 35.9 Å². The first-order valence-corrected chi connectivity index (χ1v) is 9.12. The minimum absolute atomic E-state index is 0.327. The molecule has 0 aromatic heterocycles. The van der Waals surface area contributed by atoms with Gasteiger partial charge < -0.3 is 25.0 Å². The molecular weight excluding hydrogens is 378 g/mol. The number of rotatable bonds is 7. The Morgan fingerprint density at radius 1 is 1.10 bits per heavy atom. The van der Waals surface area contributed by atoms with E-state index < -0.39 is 41.6 Å². The Kier molecular flexibility index (Phi) is 8.62. The molecular formula is C20H29N3O6. The van der Waals surface area contributed by atoms with Gasteiger partial charge in [-0.05, 0) is 33.3 Å². The zero-order valence-corrected chi connectivity index (χ0v) is 17.6. The average molecular weight is 407 g/mol. The van der Waals surface area contributed by atoms with E-state index in [0.717, 1.165) is 0 Å². The molecule has 0 bridgehead atoms. The standard InChI is InChI=1S/C20H29N3O6/c1-13(22-19(27)29-20(2,3)4)18(26)23(5)16(14-10-8-7-9-11-14)17(25)21-12-15(24)28-6/h7-11,13,16H,12H2,1-6H3,(H,21,25)(H,22,27). The van der Waals surface area contributed by atoms with Crippen LogP contribution in [0.15, 0.2) is 30.3 Å². The minimum atomic E-state index is -1.00. The first kappa shape index (κ1) is 23.9. The second kappa shape index (κ2) is 10.4. The number of amides is 3. The van der Waals surface area contributed by atoms with Crippen molar-refractivity contribution in [2.75, 3.05) is 20.7 Å². The van der Waals surface area contributed by atoms with E-state index in [1.54, 1.807) is 51.1 Å². The van der Waals surface area contributed by atoms with Crippen LogP contribution in [0, 0.1) is 0 Å². The zero-order valence-electron chi connectivity index (χ0n) is 17.6. The van der Waals surface area contributed by atoms with Crippen molar-refractivity contribution >= 4 is 23.9 Å². The number of benzene rings is 1. The van der Waals surface area contributed by atoms with Gasteiger partial charge in [0.15, 0.2) is 0 Å². The van der Waals surface area contributed by atoms with Gasteiger partial charge in [-0.15, -0.1) is 0 Å². The van der Waals surface area contributed by atoms with Crippen LogP contribution in [-0.2, 0) is 23.9 Å². The zero-order chi connectivity index (χ0) is 22.2. The maximum absolute atomic E-state index is 12.8. The van der Waals surface area contributed by atoms with Gasteiger partial charge >= 0.3 is 12.1 Å². The van der Waals surface area contributed by atoms with Crippen molar-refractivity contribution in [3.63, 3.8) is 0 Å².